The van der Waals surface area contributed by atoms with Crippen LogP contribution >= 0.6 is 0 Å². The summed E-state index contributed by atoms with van der Waals surface area (Å²) in [5.41, 5.74) is 2.51. The normalized spacial score (nSPS) is 12.4. The highest BCUT2D eigenvalue weighted by atomic mass is 19.1. The fourth-order valence-corrected chi connectivity index (χ4v) is 3.69. The van der Waals surface area contributed by atoms with E-state index in [1.54, 1.807) is 0 Å². The van der Waals surface area contributed by atoms with Crippen LogP contribution in [0.2, 0.25) is 0 Å². The average Bonchev–Trinajstić information content (AvgIpc) is 2.88. The van der Waals surface area contributed by atoms with Crippen molar-refractivity contribution in [2.45, 2.75) is 31.9 Å². The smallest absolute Gasteiger partial charge is 0.408 e. The van der Waals surface area contributed by atoms with Crippen molar-refractivity contribution in [1.29, 1.82) is 0 Å². The minimum atomic E-state index is -1.14. The van der Waals surface area contributed by atoms with Crippen LogP contribution in [-0.2, 0) is 33.8 Å². The molecule has 1 N–H and O–H groups in total. The van der Waals surface area contributed by atoms with Crippen LogP contribution in [0.1, 0.15) is 23.1 Å². The first kappa shape index (κ1) is 24.8. The summed E-state index contributed by atoms with van der Waals surface area (Å²) in [5.74, 6) is -1.77. The Balaban J connectivity index is 1.70. The molecule has 3 aromatic carbocycles. The minimum absolute atomic E-state index is 0.0654. The number of carbonyl (C=O) groups is 3. The Morgan fingerprint density at radius 1 is 0.706 bits per heavy atom. The number of halogens is 1. The molecule has 0 aliphatic rings. The molecule has 6 heteroatoms. The topological polar surface area (TPSA) is 72.5 Å². The Kier molecular flexibility index (Phi) is 9.52. The molecule has 0 radical (unpaired) electrons. The molecule has 3 rings (SSSR count). The van der Waals surface area contributed by atoms with Gasteiger partial charge in [0, 0.05) is 12.3 Å². The number of amides is 1. The Bertz CT molecular complexity index is 1060. The monoisotopic (exact) mass is 461 g/mol. The second-order valence-corrected chi connectivity index (χ2v) is 8.11. The molecule has 1 amide bonds. The standard InChI is InChI=1S/C28H28FNO4/c29-19-27(32)24(16-21-10-4-1-5-11-21)18-26(31)25(17-22-12-6-2-7-13-22)30-28(33)34-20-23-14-8-3-9-15-23/h1-15,24-25H,16-20H2,(H,30,33)/t24?,25-/m0/s1. The zero-order valence-corrected chi connectivity index (χ0v) is 18.9. The molecule has 2 atom stereocenters. The van der Waals surface area contributed by atoms with E-state index in [2.05, 4.69) is 5.32 Å². The largest absolute Gasteiger partial charge is 0.445 e. The molecule has 0 aromatic heterocycles. The summed E-state index contributed by atoms with van der Waals surface area (Å²) in [5, 5.41) is 2.65. The lowest BCUT2D eigenvalue weighted by atomic mass is 9.88. The van der Waals surface area contributed by atoms with Crippen LogP contribution in [0.5, 0.6) is 0 Å². The van der Waals surface area contributed by atoms with E-state index >= 15 is 0 Å². The van der Waals surface area contributed by atoms with E-state index in [1.807, 2.05) is 91.0 Å². The van der Waals surface area contributed by atoms with E-state index < -0.39 is 30.5 Å². The maximum Gasteiger partial charge on any atom is 0.408 e. The van der Waals surface area contributed by atoms with Crippen LogP contribution < -0.4 is 5.32 Å². The lowest BCUT2D eigenvalue weighted by Crippen LogP contribution is -2.44. The number of alkyl halides is 1. The molecule has 0 bridgehead atoms. The van der Waals surface area contributed by atoms with Crippen molar-refractivity contribution in [3.05, 3.63) is 108 Å². The molecule has 0 heterocycles. The van der Waals surface area contributed by atoms with Gasteiger partial charge in [0.05, 0.1) is 6.04 Å². The van der Waals surface area contributed by atoms with Gasteiger partial charge in [0.25, 0.3) is 0 Å². The number of hydrogen-bond donors (Lipinski definition) is 1. The second-order valence-electron chi connectivity index (χ2n) is 8.11. The number of alkyl carbamates (subject to hydrolysis) is 1. The first-order valence-electron chi connectivity index (χ1n) is 11.2. The van der Waals surface area contributed by atoms with Gasteiger partial charge in [0.2, 0.25) is 0 Å². The van der Waals surface area contributed by atoms with Gasteiger partial charge in [-0.15, -0.1) is 0 Å². The molecule has 0 fully saturated rings. The van der Waals surface area contributed by atoms with Gasteiger partial charge < -0.3 is 10.1 Å². The Morgan fingerprint density at radius 3 is 1.74 bits per heavy atom. The van der Waals surface area contributed by atoms with E-state index in [4.69, 9.17) is 4.74 Å². The minimum Gasteiger partial charge on any atom is -0.445 e. The Hall–Kier alpha value is -3.80. The van der Waals surface area contributed by atoms with Crippen molar-refractivity contribution in [2.75, 3.05) is 6.67 Å². The van der Waals surface area contributed by atoms with E-state index in [0.29, 0.717) is 0 Å². The molecule has 34 heavy (non-hydrogen) atoms. The first-order valence-corrected chi connectivity index (χ1v) is 11.2. The van der Waals surface area contributed by atoms with Crippen LogP contribution in [-0.4, -0.2) is 30.4 Å². The zero-order valence-electron chi connectivity index (χ0n) is 18.9. The summed E-state index contributed by atoms with van der Waals surface area (Å²) in [7, 11) is 0. The lowest BCUT2D eigenvalue weighted by molar-refractivity contribution is -0.129. The quantitative estimate of drug-likeness (QED) is 0.417. The van der Waals surface area contributed by atoms with Crippen molar-refractivity contribution in [1.82, 2.24) is 5.32 Å². The molecule has 0 aliphatic carbocycles. The van der Waals surface area contributed by atoms with Gasteiger partial charge in [-0.05, 0) is 29.5 Å². The number of hydrogen-bond acceptors (Lipinski definition) is 4. The van der Waals surface area contributed by atoms with E-state index in [1.165, 1.54) is 0 Å². The van der Waals surface area contributed by atoms with Gasteiger partial charge in [-0.2, -0.15) is 0 Å². The van der Waals surface area contributed by atoms with Crippen LogP contribution in [0.25, 0.3) is 0 Å². The predicted molar refractivity (Wildman–Crippen MR) is 128 cm³/mol. The predicted octanol–water partition coefficient (Wildman–Crippen LogP) is 4.88. The van der Waals surface area contributed by atoms with Crippen LogP contribution in [0.3, 0.4) is 0 Å². The molecule has 0 aliphatic heterocycles. The third kappa shape index (κ3) is 7.96. The fraction of sp³-hybridized carbons (Fsp3) is 0.250. The molecule has 3 aromatic rings. The van der Waals surface area contributed by atoms with Crippen LogP contribution in [0, 0.1) is 5.92 Å². The number of rotatable bonds is 12. The maximum atomic E-state index is 13.3. The lowest BCUT2D eigenvalue weighted by Gasteiger charge is -2.21. The van der Waals surface area contributed by atoms with E-state index in [0.717, 1.165) is 16.7 Å². The summed E-state index contributed by atoms with van der Waals surface area (Å²) >= 11 is 0. The number of ketones is 2. The zero-order chi connectivity index (χ0) is 24.2. The fourth-order valence-electron chi connectivity index (χ4n) is 3.69. The number of Topliss-reactive ketones (excluding diaryl/α,β-unsaturated/α-hetero) is 2. The molecule has 1 unspecified atom stereocenters. The molecule has 5 nitrogen and oxygen atoms in total. The summed E-state index contributed by atoms with van der Waals surface area (Å²) in [6.07, 6.45) is -0.406. The number of benzene rings is 3. The van der Waals surface area contributed by atoms with Gasteiger partial charge in [0.1, 0.15) is 13.3 Å². The molecule has 0 saturated heterocycles. The summed E-state index contributed by atoms with van der Waals surface area (Å²) in [6, 6.07) is 26.7. The first-order chi connectivity index (χ1) is 16.5. The van der Waals surface area contributed by atoms with Crippen LogP contribution in [0.4, 0.5) is 9.18 Å². The summed E-state index contributed by atoms with van der Waals surface area (Å²) in [4.78, 5) is 38.0. The Morgan fingerprint density at radius 2 is 1.21 bits per heavy atom. The van der Waals surface area contributed by atoms with Crippen molar-refractivity contribution in [3.8, 4) is 0 Å². The maximum absolute atomic E-state index is 13.3. The van der Waals surface area contributed by atoms with Gasteiger partial charge in [-0.25, -0.2) is 9.18 Å². The molecule has 0 saturated carbocycles. The second kappa shape index (κ2) is 13.0. The van der Waals surface area contributed by atoms with Crippen molar-refractivity contribution < 1.29 is 23.5 Å². The van der Waals surface area contributed by atoms with Gasteiger partial charge >= 0.3 is 6.09 Å². The summed E-state index contributed by atoms with van der Waals surface area (Å²) in [6.45, 7) is -1.07. The van der Waals surface area contributed by atoms with Crippen molar-refractivity contribution in [2.24, 2.45) is 5.92 Å². The summed E-state index contributed by atoms with van der Waals surface area (Å²) < 4.78 is 18.5. The Labute approximate surface area is 199 Å². The van der Waals surface area contributed by atoms with Gasteiger partial charge in [-0.3, -0.25) is 9.59 Å². The highest BCUT2D eigenvalue weighted by Gasteiger charge is 2.28. The highest BCUT2D eigenvalue weighted by Crippen LogP contribution is 2.17. The molecular weight excluding hydrogens is 433 g/mol. The van der Waals surface area contributed by atoms with Crippen molar-refractivity contribution >= 4 is 17.7 Å². The third-order valence-corrected chi connectivity index (χ3v) is 5.54. The van der Waals surface area contributed by atoms with Crippen molar-refractivity contribution in [3.63, 3.8) is 0 Å². The van der Waals surface area contributed by atoms with E-state index in [-0.39, 0.29) is 31.7 Å². The van der Waals surface area contributed by atoms with Crippen LogP contribution in [0.15, 0.2) is 91.0 Å². The number of ether oxygens (including phenoxy) is 1. The molecule has 0 spiro atoms. The number of nitrogens with one attached hydrogen (secondary N) is 1. The van der Waals surface area contributed by atoms with Gasteiger partial charge in [-0.1, -0.05) is 91.0 Å². The average molecular weight is 462 g/mol. The number of carbonyl (C=O) groups excluding carboxylic acids is 3. The highest BCUT2D eigenvalue weighted by molar-refractivity contribution is 5.92. The van der Waals surface area contributed by atoms with E-state index in [9.17, 15) is 18.8 Å². The van der Waals surface area contributed by atoms with Gasteiger partial charge in [0.15, 0.2) is 11.6 Å². The molecular formula is C28H28FNO4. The SMILES string of the molecule is O=C(N[C@@H](Cc1ccccc1)C(=O)CC(Cc1ccccc1)C(=O)CF)OCc1ccccc1. The molecule has 176 valence electrons. The third-order valence-electron chi connectivity index (χ3n) is 5.54.